The molecule has 23 heavy (non-hydrogen) atoms. The van der Waals surface area contributed by atoms with Crippen molar-refractivity contribution in [2.24, 2.45) is 10.7 Å². The fraction of sp³-hybridized carbons (Fsp3) is 0.200. The van der Waals surface area contributed by atoms with E-state index in [-0.39, 0.29) is 16.9 Å². The van der Waals surface area contributed by atoms with E-state index >= 15 is 0 Å². The first-order valence-electron chi connectivity index (χ1n) is 6.93. The quantitative estimate of drug-likeness (QED) is 0.570. The number of nitrogens with zero attached hydrogens (tertiary/aromatic N) is 2. The molecule has 6 nitrogen and oxygen atoms in total. The monoisotopic (exact) mass is 334 g/mol. The number of aromatic nitrogens is 1. The molecule has 1 aromatic heterocycles. The zero-order valence-corrected chi connectivity index (χ0v) is 12.6. The molecular formula is C15H12ClFN4O2. The number of aliphatic imine (C=N–C) groups is 1. The summed E-state index contributed by atoms with van der Waals surface area (Å²) in [7, 11) is 0. The van der Waals surface area contributed by atoms with E-state index in [9.17, 15) is 4.39 Å². The number of fused-ring (bicyclic) bond motifs is 4. The normalized spacial score (nSPS) is 21.7. The molecule has 2 aliphatic heterocycles. The van der Waals surface area contributed by atoms with Gasteiger partial charge in [-0.1, -0.05) is 11.6 Å². The highest BCUT2D eigenvalue weighted by Gasteiger charge is 2.48. The molecule has 0 fully saturated rings. The number of ether oxygens (including phenoxy) is 2. The van der Waals surface area contributed by atoms with Crippen molar-refractivity contribution in [1.29, 1.82) is 0 Å². The van der Waals surface area contributed by atoms with Gasteiger partial charge in [0.1, 0.15) is 10.9 Å². The van der Waals surface area contributed by atoms with Gasteiger partial charge in [-0.15, -0.1) is 0 Å². The first kappa shape index (κ1) is 14.1. The second-order valence-electron chi connectivity index (χ2n) is 5.37. The van der Waals surface area contributed by atoms with Gasteiger partial charge >= 0.3 is 0 Å². The predicted octanol–water partition coefficient (Wildman–Crippen LogP) is 2.54. The van der Waals surface area contributed by atoms with Gasteiger partial charge in [-0.25, -0.2) is 9.98 Å². The van der Waals surface area contributed by atoms with E-state index in [1.165, 1.54) is 6.07 Å². The molecule has 0 amide bonds. The number of halogens is 2. The minimum Gasteiger partial charge on any atom is -0.452 e. The lowest BCUT2D eigenvalue weighted by Gasteiger charge is -2.41. The van der Waals surface area contributed by atoms with Gasteiger partial charge < -0.3 is 20.9 Å². The summed E-state index contributed by atoms with van der Waals surface area (Å²) in [6, 6.07) is 6.59. The molecule has 1 atom stereocenters. The van der Waals surface area contributed by atoms with Crippen LogP contribution in [-0.4, -0.2) is 17.6 Å². The number of amidine groups is 1. The minimum absolute atomic E-state index is 0.00117. The maximum absolute atomic E-state index is 14.3. The van der Waals surface area contributed by atoms with Crippen LogP contribution in [0.5, 0.6) is 11.5 Å². The molecule has 0 bridgehead atoms. The van der Waals surface area contributed by atoms with E-state index < -0.39 is 11.5 Å². The second kappa shape index (κ2) is 4.73. The van der Waals surface area contributed by atoms with Crippen molar-refractivity contribution in [3.8, 4) is 11.5 Å². The third-order valence-corrected chi connectivity index (χ3v) is 4.19. The van der Waals surface area contributed by atoms with Crippen LogP contribution in [-0.2, 0) is 10.3 Å². The van der Waals surface area contributed by atoms with Crippen LogP contribution in [0.4, 0.5) is 10.1 Å². The number of pyridine rings is 1. The Morgan fingerprint density at radius 3 is 2.83 bits per heavy atom. The fourth-order valence-corrected chi connectivity index (χ4v) is 3.22. The third-order valence-electron chi connectivity index (χ3n) is 4.00. The number of rotatable bonds is 0. The summed E-state index contributed by atoms with van der Waals surface area (Å²) in [6.45, 7) is 0.418. The summed E-state index contributed by atoms with van der Waals surface area (Å²) in [4.78, 5) is 7.66. The second-order valence-corrected chi connectivity index (χ2v) is 5.76. The van der Waals surface area contributed by atoms with Crippen molar-refractivity contribution in [2.75, 3.05) is 12.3 Å². The zero-order valence-electron chi connectivity index (χ0n) is 11.8. The van der Waals surface area contributed by atoms with Crippen LogP contribution in [0.2, 0.25) is 5.15 Å². The summed E-state index contributed by atoms with van der Waals surface area (Å²) >= 11 is 5.93. The lowest BCUT2D eigenvalue weighted by atomic mass is 9.80. The Morgan fingerprint density at radius 2 is 2.04 bits per heavy atom. The Kier molecular flexibility index (Phi) is 2.89. The van der Waals surface area contributed by atoms with E-state index in [1.54, 1.807) is 18.2 Å². The molecule has 1 aromatic carbocycles. The number of anilines is 1. The largest absolute Gasteiger partial charge is 0.452 e. The van der Waals surface area contributed by atoms with Gasteiger partial charge in [-0.3, -0.25) is 0 Å². The highest BCUT2D eigenvalue weighted by Crippen LogP contribution is 2.52. The predicted molar refractivity (Wildman–Crippen MR) is 83.1 cm³/mol. The van der Waals surface area contributed by atoms with Crippen LogP contribution >= 0.6 is 11.6 Å². The van der Waals surface area contributed by atoms with Gasteiger partial charge in [-0.2, -0.15) is 4.39 Å². The number of benzene rings is 1. The molecule has 0 radical (unpaired) electrons. The Hall–Kier alpha value is -2.54. The van der Waals surface area contributed by atoms with Gasteiger partial charge in [0.2, 0.25) is 0 Å². The molecule has 3 heterocycles. The molecule has 118 valence electrons. The van der Waals surface area contributed by atoms with Crippen molar-refractivity contribution in [3.63, 3.8) is 0 Å². The maximum atomic E-state index is 14.3. The Morgan fingerprint density at radius 1 is 1.22 bits per heavy atom. The summed E-state index contributed by atoms with van der Waals surface area (Å²) < 4.78 is 25.8. The van der Waals surface area contributed by atoms with Crippen LogP contribution in [0.15, 0.2) is 29.3 Å². The molecule has 0 aliphatic carbocycles. The Balaban J connectivity index is 2.04. The van der Waals surface area contributed by atoms with Crippen molar-refractivity contribution >= 4 is 23.3 Å². The smallest absolute Gasteiger partial charge is 0.283 e. The molecular weight excluding hydrogens is 323 g/mol. The SMILES string of the molecule is NC1=NCC[C@]2(O1)c1cc(N)ccc1Oc1c2cc(Cl)nc1F. The number of hydrogen-bond donors (Lipinski definition) is 2. The number of nitrogen functional groups attached to an aromatic ring is 1. The van der Waals surface area contributed by atoms with Crippen molar-refractivity contribution in [1.82, 2.24) is 4.98 Å². The standard InChI is InChI=1S/C15H12ClFN4O2/c16-11-6-9-12(13(17)21-11)22-10-2-1-7(18)5-8(10)15(9)3-4-20-14(19)23-15/h1-2,5-6H,3-4,18H2,(H2,19,20)/t15-/m0/s1. The number of nitrogens with two attached hydrogens (primary N) is 2. The van der Waals surface area contributed by atoms with Gasteiger partial charge in [0.05, 0.1) is 5.56 Å². The lowest BCUT2D eigenvalue weighted by Crippen LogP contribution is -2.42. The average Bonchev–Trinajstić information content (AvgIpc) is 2.50. The minimum atomic E-state index is -1.06. The zero-order chi connectivity index (χ0) is 16.2. The van der Waals surface area contributed by atoms with E-state index in [2.05, 4.69) is 9.98 Å². The summed E-state index contributed by atoms with van der Waals surface area (Å²) in [5.41, 5.74) is 12.2. The van der Waals surface area contributed by atoms with Crippen LogP contribution in [0.1, 0.15) is 17.5 Å². The van der Waals surface area contributed by atoms with Gasteiger partial charge in [0, 0.05) is 24.2 Å². The van der Waals surface area contributed by atoms with Crippen molar-refractivity contribution in [2.45, 2.75) is 12.0 Å². The third kappa shape index (κ3) is 2.00. The van der Waals surface area contributed by atoms with Crippen LogP contribution < -0.4 is 16.2 Å². The van der Waals surface area contributed by atoms with Crippen molar-refractivity contribution in [3.05, 3.63) is 46.5 Å². The van der Waals surface area contributed by atoms with Gasteiger partial charge in [0.15, 0.2) is 11.4 Å². The molecule has 4 rings (SSSR count). The molecule has 0 saturated carbocycles. The Bertz CT molecular complexity index is 858. The molecule has 8 heteroatoms. The van der Waals surface area contributed by atoms with Crippen molar-refractivity contribution < 1.29 is 13.9 Å². The highest BCUT2D eigenvalue weighted by molar-refractivity contribution is 6.29. The maximum Gasteiger partial charge on any atom is 0.283 e. The first-order valence-corrected chi connectivity index (χ1v) is 7.31. The van der Waals surface area contributed by atoms with Gasteiger partial charge in [-0.05, 0) is 24.3 Å². The number of hydrogen-bond acceptors (Lipinski definition) is 6. The fourth-order valence-electron chi connectivity index (χ4n) is 3.04. The lowest BCUT2D eigenvalue weighted by molar-refractivity contribution is 0.0624. The molecule has 0 unspecified atom stereocenters. The molecule has 0 saturated heterocycles. The van der Waals surface area contributed by atoms with Crippen LogP contribution in [0, 0.1) is 5.95 Å². The summed E-state index contributed by atoms with van der Waals surface area (Å²) in [5.74, 6) is -0.398. The van der Waals surface area contributed by atoms with E-state index in [0.29, 0.717) is 35.5 Å². The van der Waals surface area contributed by atoms with Crippen LogP contribution in [0.3, 0.4) is 0 Å². The first-order chi connectivity index (χ1) is 11.0. The topological polar surface area (TPSA) is 95.8 Å². The molecule has 4 N–H and O–H groups in total. The van der Waals surface area contributed by atoms with Crippen LogP contribution in [0.25, 0.3) is 0 Å². The average molecular weight is 335 g/mol. The van der Waals surface area contributed by atoms with E-state index in [0.717, 1.165) is 0 Å². The highest BCUT2D eigenvalue weighted by atomic mass is 35.5. The molecule has 1 spiro atoms. The van der Waals surface area contributed by atoms with E-state index in [4.69, 9.17) is 32.5 Å². The Labute approximate surface area is 135 Å². The van der Waals surface area contributed by atoms with Gasteiger partial charge in [0.25, 0.3) is 12.0 Å². The summed E-state index contributed by atoms with van der Waals surface area (Å²) in [6.07, 6.45) is 0.445. The molecule has 2 aromatic rings. The van der Waals surface area contributed by atoms with E-state index in [1.807, 2.05) is 0 Å². The summed E-state index contributed by atoms with van der Waals surface area (Å²) in [5, 5.41) is 0.00117. The molecule has 2 aliphatic rings.